The number of nitrogens with one attached hydrogen (secondary N) is 1. The maximum Gasteiger partial charge on any atom is 0.257 e. The molecule has 1 spiro atoms. The largest absolute Gasteiger partial charge is 0.497 e. The molecule has 3 aromatic rings. The Balaban J connectivity index is 1.37. The molecule has 1 N–H and O–H groups in total. The van der Waals surface area contributed by atoms with Gasteiger partial charge in [-0.05, 0) is 48.0 Å². The standard InChI is InChI=1S/C30H30ClN3O5/c1-38-25-9-5-8-23(18-25)29(37)34-26(27(35)32-19-21-6-3-2-4-7-21)20-39-30(34)14-16-33(17-15-30)28(36)22-10-12-24(31)13-11-22/h2-13,18,26H,14-17,19-20H2,1H3,(H,32,35)/t26-/m0/s1. The Bertz CT molecular complexity index is 1340. The number of methoxy groups -OCH3 is 1. The number of ether oxygens (including phenoxy) is 2. The molecule has 2 fully saturated rings. The predicted octanol–water partition coefficient (Wildman–Crippen LogP) is 4.14. The van der Waals surface area contributed by atoms with E-state index >= 15 is 0 Å². The smallest absolute Gasteiger partial charge is 0.257 e. The monoisotopic (exact) mass is 547 g/mol. The first kappa shape index (κ1) is 26.7. The third kappa shape index (κ3) is 5.62. The van der Waals surface area contributed by atoms with Crippen LogP contribution in [0.4, 0.5) is 0 Å². The van der Waals surface area contributed by atoms with Gasteiger partial charge >= 0.3 is 0 Å². The van der Waals surface area contributed by atoms with Crippen LogP contribution >= 0.6 is 11.6 Å². The van der Waals surface area contributed by atoms with Crippen molar-refractivity contribution in [2.75, 3.05) is 26.8 Å². The van der Waals surface area contributed by atoms with Gasteiger partial charge in [0.05, 0.1) is 13.7 Å². The fraction of sp³-hybridized carbons (Fsp3) is 0.300. The lowest BCUT2D eigenvalue weighted by Gasteiger charge is -2.44. The molecule has 0 radical (unpaired) electrons. The van der Waals surface area contributed by atoms with E-state index in [9.17, 15) is 14.4 Å². The molecule has 0 unspecified atom stereocenters. The van der Waals surface area contributed by atoms with Crippen molar-refractivity contribution in [1.82, 2.24) is 15.1 Å². The fourth-order valence-corrected chi connectivity index (χ4v) is 5.33. The molecule has 202 valence electrons. The van der Waals surface area contributed by atoms with Crippen LogP contribution in [-0.4, -0.2) is 66.1 Å². The summed E-state index contributed by atoms with van der Waals surface area (Å²) >= 11 is 5.98. The first-order valence-electron chi connectivity index (χ1n) is 12.9. The second kappa shape index (κ2) is 11.5. The summed E-state index contributed by atoms with van der Waals surface area (Å²) in [6, 6.07) is 22.4. The number of amides is 3. The average Bonchev–Trinajstić information content (AvgIpc) is 3.34. The van der Waals surface area contributed by atoms with E-state index in [-0.39, 0.29) is 24.3 Å². The second-order valence-electron chi connectivity index (χ2n) is 9.68. The van der Waals surface area contributed by atoms with Crippen LogP contribution in [0.5, 0.6) is 5.75 Å². The molecule has 2 saturated heterocycles. The van der Waals surface area contributed by atoms with E-state index in [0.717, 1.165) is 5.56 Å². The third-order valence-corrected chi connectivity index (χ3v) is 7.58. The Kier molecular flexibility index (Phi) is 7.86. The molecule has 0 aliphatic carbocycles. The number of carbonyl (C=O) groups is 3. The topological polar surface area (TPSA) is 88.2 Å². The van der Waals surface area contributed by atoms with Gasteiger partial charge < -0.3 is 19.7 Å². The molecule has 3 aromatic carbocycles. The summed E-state index contributed by atoms with van der Waals surface area (Å²) in [7, 11) is 1.54. The number of hydrogen-bond acceptors (Lipinski definition) is 5. The van der Waals surface area contributed by atoms with Gasteiger partial charge in [-0.2, -0.15) is 0 Å². The number of halogens is 1. The molecule has 5 rings (SSSR count). The summed E-state index contributed by atoms with van der Waals surface area (Å²) in [5.74, 6) is -0.166. The number of carbonyl (C=O) groups excluding carboxylic acids is 3. The summed E-state index contributed by atoms with van der Waals surface area (Å²) < 4.78 is 11.6. The van der Waals surface area contributed by atoms with Gasteiger partial charge in [-0.15, -0.1) is 0 Å². The van der Waals surface area contributed by atoms with Gasteiger partial charge in [0.2, 0.25) is 5.91 Å². The van der Waals surface area contributed by atoms with E-state index < -0.39 is 11.8 Å². The molecule has 39 heavy (non-hydrogen) atoms. The Morgan fingerprint density at radius 1 is 0.949 bits per heavy atom. The maximum atomic E-state index is 14.0. The minimum Gasteiger partial charge on any atom is -0.497 e. The van der Waals surface area contributed by atoms with Crippen molar-refractivity contribution in [2.24, 2.45) is 0 Å². The molecule has 8 nitrogen and oxygen atoms in total. The molecule has 2 aliphatic heterocycles. The van der Waals surface area contributed by atoms with Crippen LogP contribution in [-0.2, 0) is 16.1 Å². The van der Waals surface area contributed by atoms with Crippen molar-refractivity contribution in [3.63, 3.8) is 0 Å². The highest BCUT2D eigenvalue weighted by molar-refractivity contribution is 6.30. The molecule has 3 amide bonds. The minimum atomic E-state index is -1.01. The van der Waals surface area contributed by atoms with Gasteiger partial charge in [0.15, 0.2) is 0 Å². The predicted molar refractivity (Wildman–Crippen MR) is 147 cm³/mol. The Labute approximate surface area is 232 Å². The Morgan fingerprint density at radius 3 is 2.36 bits per heavy atom. The first-order valence-corrected chi connectivity index (χ1v) is 13.3. The van der Waals surface area contributed by atoms with Crippen molar-refractivity contribution in [3.8, 4) is 5.75 Å². The van der Waals surface area contributed by atoms with Crippen LogP contribution in [0.1, 0.15) is 39.1 Å². The van der Waals surface area contributed by atoms with Crippen molar-refractivity contribution in [3.05, 3.63) is 101 Å². The van der Waals surface area contributed by atoms with Crippen LogP contribution in [0.3, 0.4) is 0 Å². The number of likely N-dealkylation sites (tertiary alicyclic amines) is 1. The lowest BCUT2D eigenvalue weighted by atomic mass is 9.96. The zero-order valence-corrected chi connectivity index (χ0v) is 22.4. The number of piperidine rings is 1. The molecule has 2 heterocycles. The number of nitrogens with zero attached hydrogens (tertiary/aromatic N) is 2. The van der Waals surface area contributed by atoms with Gasteiger partial charge in [-0.25, -0.2) is 0 Å². The molecule has 9 heteroatoms. The highest BCUT2D eigenvalue weighted by Gasteiger charge is 2.54. The second-order valence-corrected chi connectivity index (χ2v) is 10.1. The zero-order valence-electron chi connectivity index (χ0n) is 21.6. The highest BCUT2D eigenvalue weighted by Crippen LogP contribution is 2.39. The molecule has 1 atom stereocenters. The lowest BCUT2D eigenvalue weighted by molar-refractivity contribution is -0.128. The van der Waals surface area contributed by atoms with E-state index in [1.54, 1.807) is 58.3 Å². The summed E-state index contributed by atoms with van der Waals surface area (Å²) in [5.41, 5.74) is 0.898. The van der Waals surface area contributed by atoms with E-state index in [0.29, 0.717) is 54.4 Å². The number of hydrogen-bond donors (Lipinski definition) is 1. The van der Waals surface area contributed by atoms with E-state index in [1.165, 1.54) is 7.11 Å². The van der Waals surface area contributed by atoms with Crippen molar-refractivity contribution >= 4 is 29.3 Å². The van der Waals surface area contributed by atoms with E-state index in [1.807, 2.05) is 30.3 Å². The Morgan fingerprint density at radius 2 is 1.67 bits per heavy atom. The van der Waals surface area contributed by atoms with Crippen LogP contribution in [0.2, 0.25) is 5.02 Å². The SMILES string of the molecule is COc1cccc(C(=O)N2[C@H](C(=O)NCc3ccccc3)COC23CCN(C(=O)c2ccc(Cl)cc2)CC3)c1. The third-order valence-electron chi connectivity index (χ3n) is 7.33. The van der Waals surface area contributed by atoms with E-state index in [2.05, 4.69) is 5.32 Å². The summed E-state index contributed by atoms with van der Waals surface area (Å²) in [6.07, 6.45) is 0.759. The normalized spacial score (nSPS) is 18.2. The molecule has 0 bridgehead atoms. The van der Waals surface area contributed by atoms with Crippen LogP contribution in [0.15, 0.2) is 78.9 Å². The molecule has 0 aromatic heterocycles. The van der Waals surface area contributed by atoms with Gasteiger partial charge in [0.25, 0.3) is 11.8 Å². The maximum absolute atomic E-state index is 14.0. The quantitative estimate of drug-likeness (QED) is 0.501. The van der Waals surface area contributed by atoms with Gasteiger partial charge in [-0.1, -0.05) is 48.0 Å². The van der Waals surface area contributed by atoms with Gasteiger partial charge in [0.1, 0.15) is 17.5 Å². The van der Waals surface area contributed by atoms with Crippen LogP contribution in [0, 0.1) is 0 Å². The molecule has 0 saturated carbocycles. The summed E-state index contributed by atoms with van der Waals surface area (Å²) in [6.45, 7) is 1.17. The van der Waals surface area contributed by atoms with Crippen molar-refractivity contribution < 1.29 is 23.9 Å². The molecular weight excluding hydrogens is 518 g/mol. The highest BCUT2D eigenvalue weighted by atomic mass is 35.5. The molecule has 2 aliphatic rings. The zero-order chi connectivity index (χ0) is 27.4. The minimum absolute atomic E-state index is 0.0709. The van der Waals surface area contributed by atoms with Crippen molar-refractivity contribution in [1.29, 1.82) is 0 Å². The van der Waals surface area contributed by atoms with Gasteiger partial charge in [0, 0.05) is 48.6 Å². The Hall–Kier alpha value is -3.88. The summed E-state index contributed by atoms with van der Waals surface area (Å²) in [5, 5.41) is 3.52. The molecular formula is C30H30ClN3O5. The van der Waals surface area contributed by atoms with Crippen LogP contribution < -0.4 is 10.1 Å². The first-order chi connectivity index (χ1) is 18.9. The van der Waals surface area contributed by atoms with Crippen LogP contribution in [0.25, 0.3) is 0 Å². The fourth-order valence-electron chi connectivity index (χ4n) is 5.20. The number of benzene rings is 3. The summed E-state index contributed by atoms with van der Waals surface area (Å²) in [4.78, 5) is 43.8. The average molecular weight is 548 g/mol. The lowest BCUT2D eigenvalue weighted by Crippen LogP contribution is -2.59. The van der Waals surface area contributed by atoms with Gasteiger partial charge in [-0.3, -0.25) is 19.3 Å². The number of rotatable bonds is 6. The van der Waals surface area contributed by atoms with Crippen molar-refractivity contribution in [2.45, 2.75) is 31.2 Å². The van der Waals surface area contributed by atoms with E-state index in [4.69, 9.17) is 21.1 Å².